The van der Waals surface area contributed by atoms with Crippen LogP contribution < -0.4 is 5.73 Å². The summed E-state index contributed by atoms with van der Waals surface area (Å²) in [5.41, 5.74) is 6.30. The van der Waals surface area contributed by atoms with Crippen molar-refractivity contribution in [1.82, 2.24) is 4.90 Å². The topological polar surface area (TPSA) is 46.3 Å². The summed E-state index contributed by atoms with van der Waals surface area (Å²) in [4.78, 5) is 14.1. The molecule has 1 aliphatic rings. The van der Waals surface area contributed by atoms with Crippen LogP contribution in [0.2, 0.25) is 0 Å². The van der Waals surface area contributed by atoms with Crippen LogP contribution in [0.1, 0.15) is 30.1 Å². The van der Waals surface area contributed by atoms with Crippen LogP contribution >= 0.6 is 28.3 Å². The number of amides is 1. The van der Waals surface area contributed by atoms with Gasteiger partial charge in [0.05, 0.1) is 0 Å². The normalized spacial score (nSPS) is 20.2. The minimum absolute atomic E-state index is 0. The van der Waals surface area contributed by atoms with Gasteiger partial charge in [0.2, 0.25) is 0 Å². The van der Waals surface area contributed by atoms with Gasteiger partial charge in [0.1, 0.15) is 5.82 Å². The van der Waals surface area contributed by atoms with E-state index >= 15 is 0 Å². The van der Waals surface area contributed by atoms with E-state index in [0.717, 1.165) is 19.4 Å². The highest BCUT2D eigenvalue weighted by Crippen LogP contribution is 2.22. The minimum Gasteiger partial charge on any atom is -0.338 e. The average Bonchev–Trinajstić information content (AvgIpc) is 2.37. The second-order valence-electron chi connectivity index (χ2n) is 5.17. The summed E-state index contributed by atoms with van der Waals surface area (Å²) >= 11 is 3.21. The summed E-state index contributed by atoms with van der Waals surface area (Å²) in [6, 6.07) is 4.36. The van der Waals surface area contributed by atoms with E-state index < -0.39 is 5.82 Å². The maximum atomic E-state index is 13.3. The summed E-state index contributed by atoms with van der Waals surface area (Å²) in [5, 5.41) is 0. The van der Waals surface area contributed by atoms with Crippen molar-refractivity contribution in [2.45, 2.75) is 25.8 Å². The Morgan fingerprint density at radius 1 is 1.50 bits per heavy atom. The Hall–Kier alpha value is -0.650. The van der Waals surface area contributed by atoms with E-state index in [2.05, 4.69) is 15.9 Å². The minimum atomic E-state index is -0.404. The van der Waals surface area contributed by atoms with Crippen molar-refractivity contribution in [3.05, 3.63) is 34.1 Å². The number of piperidine rings is 1. The number of hydrogen-bond donors (Lipinski definition) is 1. The third-order valence-corrected chi connectivity index (χ3v) is 4.06. The van der Waals surface area contributed by atoms with Crippen molar-refractivity contribution in [2.24, 2.45) is 11.7 Å². The highest BCUT2D eigenvalue weighted by molar-refractivity contribution is 9.10. The standard InChI is InChI=1S/C14H18BrFN2O.ClH/c1-9(17)10-3-2-4-18(8-10)14(19)11-5-12(15)7-13(16)6-11;/h5-7,9-10H,2-4,8,17H2,1H3;1H. The fourth-order valence-electron chi connectivity index (χ4n) is 2.48. The van der Waals surface area contributed by atoms with Crippen LogP contribution in [-0.2, 0) is 0 Å². The second kappa shape index (κ2) is 7.38. The van der Waals surface area contributed by atoms with Crippen LogP contribution in [0.25, 0.3) is 0 Å². The predicted molar refractivity (Wildman–Crippen MR) is 83.6 cm³/mol. The molecule has 3 nitrogen and oxygen atoms in total. The van der Waals surface area contributed by atoms with Gasteiger partial charge in [-0.3, -0.25) is 4.79 Å². The first kappa shape index (κ1) is 17.4. The molecule has 2 N–H and O–H groups in total. The molecule has 0 saturated carbocycles. The van der Waals surface area contributed by atoms with Gasteiger partial charge in [0.25, 0.3) is 5.91 Å². The Labute approximate surface area is 133 Å². The van der Waals surface area contributed by atoms with Crippen LogP contribution in [0.3, 0.4) is 0 Å². The lowest BCUT2D eigenvalue weighted by Gasteiger charge is -2.34. The molecule has 1 aromatic carbocycles. The van der Waals surface area contributed by atoms with E-state index in [4.69, 9.17) is 5.73 Å². The zero-order valence-corrected chi connectivity index (χ0v) is 13.7. The highest BCUT2D eigenvalue weighted by Gasteiger charge is 2.26. The van der Waals surface area contributed by atoms with E-state index in [0.29, 0.717) is 22.5 Å². The first-order chi connectivity index (χ1) is 8.97. The maximum Gasteiger partial charge on any atom is 0.254 e. The van der Waals surface area contributed by atoms with Crippen LogP contribution in [0.4, 0.5) is 4.39 Å². The molecule has 6 heteroatoms. The molecule has 0 aliphatic carbocycles. The molecule has 112 valence electrons. The molecule has 0 bridgehead atoms. The molecule has 2 atom stereocenters. The number of benzene rings is 1. The SMILES string of the molecule is CC(N)C1CCCN(C(=O)c2cc(F)cc(Br)c2)C1.Cl. The molecular formula is C14H19BrClFN2O. The Morgan fingerprint density at radius 2 is 2.20 bits per heavy atom. The van der Waals surface area contributed by atoms with E-state index in [1.54, 1.807) is 11.0 Å². The number of halogens is 3. The lowest BCUT2D eigenvalue weighted by atomic mass is 9.92. The molecule has 1 amide bonds. The Kier molecular flexibility index (Phi) is 6.43. The summed E-state index contributed by atoms with van der Waals surface area (Å²) < 4.78 is 13.9. The third-order valence-electron chi connectivity index (χ3n) is 3.60. The largest absolute Gasteiger partial charge is 0.338 e. The van der Waals surface area contributed by atoms with Crippen molar-refractivity contribution in [3.63, 3.8) is 0 Å². The molecule has 0 spiro atoms. The van der Waals surface area contributed by atoms with E-state index in [1.165, 1.54) is 12.1 Å². The van der Waals surface area contributed by atoms with Crippen molar-refractivity contribution < 1.29 is 9.18 Å². The number of likely N-dealkylation sites (tertiary alicyclic amines) is 1. The highest BCUT2D eigenvalue weighted by atomic mass is 79.9. The molecule has 1 saturated heterocycles. The van der Waals surface area contributed by atoms with Gasteiger partial charge in [-0.15, -0.1) is 12.4 Å². The van der Waals surface area contributed by atoms with Gasteiger partial charge >= 0.3 is 0 Å². The molecule has 1 fully saturated rings. The predicted octanol–water partition coefficient (Wildman–Crippen LogP) is 3.21. The molecule has 1 aliphatic heterocycles. The maximum absolute atomic E-state index is 13.3. The average molecular weight is 366 g/mol. The molecule has 2 rings (SSSR count). The Balaban J connectivity index is 0.00000200. The molecule has 2 unspecified atom stereocenters. The fraction of sp³-hybridized carbons (Fsp3) is 0.500. The lowest BCUT2D eigenvalue weighted by molar-refractivity contribution is 0.0660. The van der Waals surface area contributed by atoms with Crippen molar-refractivity contribution in [1.29, 1.82) is 0 Å². The van der Waals surface area contributed by atoms with Crippen LogP contribution in [0.15, 0.2) is 22.7 Å². The number of hydrogen-bond acceptors (Lipinski definition) is 2. The molecule has 20 heavy (non-hydrogen) atoms. The van der Waals surface area contributed by atoms with Crippen LogP contribution in [0.5, 0.6) is 0 Å². The van der Waals surface area contributed by atoms with Gasteiger partial charge in [0, 0.05) is 29.2 Å². The van der Waals surface area contributed by atoms with Crippen molar-refractivity contribution in [2.75, 3.05) is 13.1 Å². The quantitative estimate of drug-likeness (QED) is 0.875. The molecule has 0 aromatic heterocycles. The first-order valence-corrected chi connectivity index (χ1v) is 7.27. The smallest absolute Gasteiger partial charge is 0.254 e. The van der Waals surface area contributed by atoms with Crippen LogP contribution in [-0.4, -0.2) is 29.9 Å². The van der Waals surface area contributed by atoms with Gasteiger partial charge in [-0.05, 0) is 43.9 Å². The third kappa shape index (κ3) is 4.17. The summed E-state index contributed by atoms with van der Waals surface area (Å²) in [6.45, 7) is 3.35. The summed E-state index contributed by atoms with van der Waals surface area (Å²) in [6.07, 6.45) is 2.00. The van der Waals surface area contributed by atoms with Crippen molar-refractivity contribution in [3.8, 4) is 0 Å². The summed E-state index contributed by atoms with van der Waals surface area (Å²) in [5.74, 6) is -0.196. The monoisotopic (exact) mass is 364 g/mol. The van der Waals surface area contributed by atoms with Gasteiger partial charge in [0.15, 0.2) is 0 Å². The Bertz CT molecular complexity index is 464. The molecular weight excluding hydrogens is 347 g/mol. The lowest BCUT2D eigenvalue weighted by Crippen LogP contribution is -2.45. The molecule has 1 aromatic rings. The summed E-state index contributed by atoms with van der Waals surface area (Å²) in [7, 11) is 0. The number of rotatable bonds is 2. The molecule has 1 heterocycles. The number of carbonyl (C=O) groups is 1. The number of nitrogens with two attached hydrogens (primary N) is 1. The van der Waals surface area contributed by atoms with E-state index in [9.17, 15) is 9.18 Å². The van der Waals surface area contributed by atoms with E-state index in [1.807, 2.05) is 6.92 Å². The molecule has 0 radical (unpaired) electrons. The van der Waals surface area contributed by atoms with Gasteiger partial charge in [-0.2, -0.15) is 0 Å². The van der Waals surface area contributed by atoms with Gasteiger partial charge in [-0.1, -0.05) is 15.9 Å². The first-order valence-electron chi connectivity index (χ1n) is 6.48. The van der Waals surface area contributed by atoms with Gasteiger partial charge < -0.3 is 10.6 Å². The van der Waals surface area contributed by atoms with Gasteiger partial charge in [-0.25, -0.2) is 4.39 Å². The zero-order chi connectivity index (χ0) is 14.0. The van der Waals surface area contributed by atoms with Crippen LogP contribution in [0, 0.1) is 11.7 Å². The second-order valence-corrected chi connectivity index (χ2v) is 6.09. The fourth-order valence-corrected chi connectivity index (χ4v) is 2.95. The van der Waals surface area contributed by atoms with Crippen molar-refractivity contribution >= 4 is 34.2 Å². The number of nitrogens with zero attached hydrogens (tertiary/aromatic N) is 1. The number of carbonyl (C=O) groups excluding carboxylic acids is 1. The Morgan fingerprint density at radius 3 is 2.80 bits per heavy atom. The zero-order valence-electron chi connectivity index (χ0n) is 11.3. The van der Waals surface area contributed by atoms with E-state index in [-0.39, 0.29) is 24.4 Å².